The largest absolute Gasteiger partial charge is 0.744 e. The van der Waals surface area contributed by atoms with Crippen LogP contribution in [0.15, 0.2) is 41.3 Å². The van der Waals surface area contributed by atoms with Gasteiger partial charge in [-0.3, -0.25) is 9.59 Å². The monoisotopic (exact) mass is 1050 g/mol. The van der Waals surface area contributed by atoms with Crippen molar-refractivity contribution in [2.45, 2.75) is 64.2 Å². The highest BCUT2D eigenvalue weighted by Gasteiger charge is 2.19. The number of rotatable bonds is 48. The molecule has 0 heterocycles. The maximum absolute atomic E-state index is 12.3. The van der Waals surface area contributed by atoms with Gasteiger partial charge in [0.1, 0.15) is 21.7 Å². The summed E-state index contributed by atoms with van der Waals surface area (Å²) in [5.41, 5.74) is 1.72. The summed E-state index contributed by atoms with van der Waals surface area (Å²) in [5.74, 6) is 0.887. The normalized spacial score (nSPS) is 12.0. The number of ether oxygens (including phenoxy) is 13. The molecule has 0 fully saturated rings. The van der Waals surface area contributed by atoms with Crippen molar-refractivity contribution in [3.05, 3.63) is 47.5 Å². The molecule has 19 nitrogen and oxygen atoms in total. The van der Waals surface area contributed by atoms with Crippen molar-refractivity contribution in [2.75, 3.05) is 172 Å². The summed E-state index contributed by atoms with van der Waals surface area (Å²) in [6.07, 6.45) is 3.72. The summed E-state index contributed by atoms with van der Waals surface area (Å²) in [4.78, 5) is 23.3. The van der Waals surface area contributed by atoms with E-state index in [1.165, 1.54) is 6.07 Å². The van der Waals surface area contributed by atoms with Crippen LogP contribution in [0.3, 0.4) is 0 Å². The van der Waals surface area contributed by atoms with Gasteiger partial charge >= 0.3 is 0 Å². The Balaban J connectivity index is 0.823. The van der Waals surface area contributed by atoms with Crippen molar-refractivity contribution < 1.29 is 84.1 Å². The van der Waals surface area contributed by atoms with E-state index in [9.17, 15) is 22.6 Å². The fourth-order valence-electron chi connectivity index (χ4n) is 7.58. The highest BCUT2D eigenvalue weighted by molar-refractivity contribution is 7.86. The highest BCUT2D eigenvalue weighted by Crippen LogP contribution is 2.43. The smallest absolute Gasteiger partial charge is 0.220 e. The molecule has 0 bridgehead atoms. The van der Waals surface area contributed by atoms with E-state index >= 15 is 0 Å². The zero-order valence-corrected chi connectivity index (χ0v) is 44.2. The van der Waals surface area contributed by atoms with Gasteiger partial charge in [-0.1, -0.05) is 25.1 Å². The number of carbonyl (C=O) groups excluding carboxylic acids is 2. The van der Waals surface area contributed by atoms with Crippen molar-refractivity contribution in [2.24, 2.45) is 0 Å². The third kappa shape index (κ3) is 25.1. The van der Waals surface area contributed by atoms with Gasteiger partial charge in [-0.15, -0.1) is 0 Å². The van der Waals surface area contributed by atoms with Crippen molar-refractivity contribution >= 4 is 54.1 Å². The fourth-order valence-corrected chi connectivity index (χ4v) is 8.34. The van der Waals surface area contributed by atoms with E-state index in [0.29, 0.717) is 202 Å². The Morgan fingerprint density at radius 3 is 1.25 bits per heavy atom. The van der Waals surface area contributed by atoms with E-state index < -0.39 is 10.1 Å². The highest BCUT2D eigenvalue weighted by atomic mass is 32.2. The predicted octanol–water partition coefficient (Wildman–Crippen LogP) is 5.73. The van der Waals surface area contributed by atoms with Crippen molar-refractivity contribution in [3.63, 3.8) is 0 Å². The van der Waals surface area contributed by atoms with Crippen LogP contribution in [0.2, 0.25) is 0 Å². The predicted molar refractivity (Wildman–Crippen MR) is 274 cm³/mol. The molecule has 0 aromatic heterocycles. The second kappa shape index (κ2) is 37.9. The van der Waals surface area contributed by atoms with Gasteiger partial charge in [0.25, 0.3) is 0 Å². The van der Waals surface area contributed by atoms with Crippen molar-refractivity contribution in [3.8, 4) is 5.75 Å². The van der Waals surface area contributed by atoms with E-state index in [1.807, 2.05) is 45.0 Å². The van der Waals surface area contributed by atoms with Gasteiger partial charge in [-0.05, 0) is 78.6 Å². The van der Waals surface area contributed by atoms with Gasteiger partial charge in [0.15, 0.2) is 0 Å². The molecule has 1 amide bonds. The van der Waals surface area contributed by atoms with E-state index in [1.54, 1.807) is 6.07 Å². The molecule has 0 saturated carbocycles. The second-order valence-electron chi connectivity index (χ2n) is 16.9. The molecule has 0 spiro atoms. The number of ketones is 1. The lowest BCUT2D eigenvalue weighted by molar-refractivity contribution is -0.121. The number of unbranched alkanes of at least 4 members (excludes halogenated alkanes) is 2. The van der Waals surface area contributed by atoms with Crippen LogP contribution in [-0.2, 0) is 76.5 Å². The van der Waals surface area contributed by atoms with Crippen LogP contribution in [0.4, 0.5) is 0 Å². The Morgan fingerprint density at radius 1 is 0.452 bits per heavy atom. The summed E-state index contributed by atoms with van der Waals surface area (Å²) < 4.78 is 109. The van der Waals surface area contributed by atoms with E-state index in [4.69, 9.17) is 61.6 Å². The number of nitrogens with one attached hydrogen (secondary N) is 1. The first-order valence-corrected chi connectivity index (χ1v) is 27.0. The number of benzene rings is 4. The Kier molecular flexibility index (Phi) is 32.1. The lowest BCUT2D eigenvalue weighted by atomic mass is 9.90. The quantitative estimate of drug-likeness (QED) is 0.0317. The molecular weight excluding hydrogens is 971 g/mol. The summed E-state index contributed by atoms with van der Waals surface area (Å²) in [6.45, 7) is 17.7. The van der Waals surface area contributed by atoms with Crippen LogP contribution in [0.25, 0.3) is 32.3 Å². The molecule has 0 unspecified atom stereocenters. The molecule has 0 aliphatic carbocycles. The van der Waals surface area contributed by atoms with E-state index in [2.05, 4.69) is 5.32 Å². The average molecular weight is 1050 g/mol. The maximum atomic E-state index is 12.3. The van der Waals surface area contributed by atoms with Crippen LogP contribution in [0.1, 0.15) is 56.6 Å². The number of hydrogen-bond acceptors (Lipinski definition) is 18. The molecule has 0 aliphatic heterocycles. The minimum Gasteiger partial charge on any atom is -0.744 e. The molecule has 20 heteroatoms. The molecule has 0 radical (unpaired) electrons. The lowest BCUT2D eigenvalue weighted by Crippen LogP contribution is -2.27. The molecular formula is C53H80NO18S-. The van der Waals surface area contributed by atoms with Gasteiger partial charge in [-0.25, -0.2) is 8.42 Å². The number of amides is 1. The molecule has 1 N–H and O–H groups in total. The summed E-state index contributed by atoms with van der Waals surface area (Å²) in [6, 6.07) is 11.0. The van der Waals surface area contributed by atoms with Crippen LogP contribution in [0, 0.1) is 13.8 Å². The average Bonchev–Trinajstić information content (AvgIpc) is 3.37. The third-order valence-electron chi connectivity index (χ3n) is 11.4. The molecule has 4 aromatic carbocycles. The van der Waals surface area contributed by atoms with Crippen molar-refractivity contribution in [1.29, 1.82) is 0 Å². The SMILES string of the molecule is CCC(=O)CCOCCOCCOCCOCCOCCOCCOCCOCCOCCOCCOCCOCCNC(=O)CCCCCOc1cc(C)c2ccc3c(C)cc(S(=O)(=O)[O-])c4ccc1c2c34. The summed E-state index contributed by atoms with van der Waals surface area (Å²) in [7, 11) is -4.66. The zero-order chi connectivity index (χ0) is 52.2. The minimum atomic E-state index is -4.66. The Morgan fingerprint density at radius 2 is 0.822 bits per heavy atom. The lowest BCUT2D eigenvalue weighted by Gasteiger charge is -2.20. The Labute approximate surface area is 431 Å². The van der Waals surface area contributed by atoms with Crippen LogP contribution in [-0.4, -0.2) is 196 Å². The van der Waals surface area contributed by atoms with Gasteiger partial charge < -0.3 is 71.4 Å². The van der Waals surface area contributed by atoms with Crippen LogP contribution in [0.5, 0.6) is 5.75 Å². The van der Waals surface area contributed by atoms with Gasteiger partial charge in [-0.2, -0.15) is 0 Å². The molecule has 0 saturated heterocycles. The first kappa shape index (κ1) is 61.8. The second-order valence-corrected chi connectivity index (χ2v) is 18.3. The Hall–Kier alpha value is -3.71. The molecule has 4 aromatic rings. The first-order chi connectivity index (χ1) is 35.6. The number of Topliss-reactive ketones (excluding diaryl/α,β-unsaturated/α-hetero) is 1. The van der Waals surface area contributed by atoms with Gasteiger partial charge in [0.05, 0.1) is 170 Å². The van der Waals surface area contributed by atoms with Gasteiger partial charge in [0, 0.05) is 42.0 Å². The molecule has 73 heavy (non-hydrogen) atoms. The fraction of sp³-hybridized carbons (Fsp3) is 0.660. The standard InChI is InChI=1S/C53H81NO18S/c1-4-44(55)13-16-60-18-20-62-22-24-64-26-28-66-30-32-68-34-36-70-38-39-71-37-35-69-33-31-67-29-27-65-25-23-63-21-19-61-17-14-54-51(56)8-6-5-7-15-72-49-40-42(2)45-9-10-46-43(3)41-50(73(57,58)59)48-12-11-47(49)52(45)53(46)48/h9-12,40-41H,4-8,13-39H2,1-3H3,(H,54,56)(H,57,58,59)/p-1. The molecule has 0 aliphatic rings. The topological polar surface area (TPSA) is 223 Å². The number of carbonyl (C=O) groups is 2. The van der Waals surface area contributed by atoms with Crippen molar-refractivity contribution in [1.82, 2.24) is 5.32 Å². The Bertz CT molecular complexity index is 2230. The number of hydrogen-bond donors (Lipinski definition) is 1. The van der Waals surface area contributed by atoms with E-state index in [-0.39, 0.29) is 16.6 Å². The zero-order valence-electron chi connectivity index (χ0n) is 43.3. The van der Waals surface area contributed by atoms with Gasteiger partial charge in [0.2, 0.25) is 5.91 Å². The minimum absolute atomic E-state index is 0.0238. The molecule has 4 rings (SSSR count). The van der Waals surface area contributed by atoms with Crippen LogP contribution >= 0.6 is 0 Å². The summed E-state index contributed by atoms with van der Waals surface area (Å²) in [5, 5.41) is 7.72. The van der Waals surface area contributed by atoms with Crippen LogP contribution < -0.4 is 10.1 Å². The van der Waals surface area contributed by atoms with E-state index in [0.717, 1.165) is 57.3 Å². The summed E-state index contributed by atoms with van der Waals surface area (Å²) >= 11 is 0. The molecule has 412 valence electrons. The third-order valence-corrected chi connectivity index (χ3v) is 12.3. The number of aryl methyl sites for hydroxylation is 2. The molecule has 0 atom stereocenters. The first-order valence-electron chi connectivity index (χ1n) is 25.6. The maximum Gasteiger partial charge on any atom is 0.220 e.